The van der Waals surface area contributed by atoms with Gasteiger partial charge in [-0.05, 0) is 62.3 Å². The van der Waals surface area contributed by atoms with Gasteiger partial charge in [0.25, 0.3) is 0 Å². The number of rotatable bonds is 3. The summed E-state index contributed by atoms with van der Waals surface area (Å²) in [6.45, 7) is 1.12. The SMILES string of the molecule is I[C@H]1CC[C@@H](OC2=CC(c3ccccc3)=CC3NCCCCCCCCCCC23)CC1. The molecule has 4 rings (SSSR count). The smallest absolute Gasteiger partial charge is 0.102 e. The van der Waals surface area contributed by atoms with Crippen LogP contribution in [0.25, 0.3) is 5.57 Å². The molecule has 1 aromatic carbocycles. The maximum Gasteiger partial charge on any atom is 0.102 e. The number of ether oxygens (including phenoxy) is 1. The molecule has 1 N–H and O–H groups in total. The van der Waals surface area contributed by atoms with Crippen LogP contribution in [-0.4, -0.2) is 22.6 Å². The molecule has 0 aromatic heterocycles. The van der Waals surface area contributed by atoms with Gasteiger partial charge in [0, 0.05) is 15.9 Å². The van der Waals surface area contributed by atoms with Gasteiger partial charge in [-0.3, -0.25) is 0 Å². The summed E-state index contributed by atoms with van der Waals surface area (Å²) >= 11 is 2.62. The Hall–Kier alpha value is -0.810. The van der Waals surface area contributed by atoms with E-state index < -0.39 is 0 Å². The number of benzene rings is 1. The van der Waals surface area contributed by atoms with E-state index in [4.69, 9.17) is 4.74 Å². The van der Waals surface area contributed by atoms with Crippen LogP contribution in [0.2, 0.25) is 0 Å². The van der Waals surface area contributed by atoms with E-state index in [1.165, 1.54) is 100 Å². The Morgan fingerprint density at radius 1 is 0.774 bits per heavy atom. The Balaban J connectivity index is 1.56. The van der Waals surface area contributed by atoms with E-state index in [-0.39, 0.29) is 0 Å². The van der Waals surface area contributed by atoms with Gasteiger partial charge in [-0.2, -0.15) is 0 Å². The van der Waals surface area contributed by atoms with Crippen LogP contribution in [0.5, 0.6) is 0 Å². The van der Waals surface area contributed by atoms with Gasteiger partial charge >= 0.3 is 0 Å². The maximum atomic E-state index is 6.83. The molecular formula is C28H40INO. The lowest BCUT2D eigenvalue weighted by molar-refractivity contribution is 0.0593. The molecule has 1 saturated carbocycles. The molecule has 170 valence electrons. The van der Waals surface area contributed by atoms with Crippen LogP contribution in [-0.2, 0) is 4.74 Å². The van der Waals surface area contributed by atoms with Crippen LogP contribution in [0.3, 0.4) is 0 Å². The third kappa shape index (κ3) is 7.08. The second-order valence-electron chi connectivity index (χ2n) is 9.73. The van der Waals surface area contributed by atoms with E-state index in [2.05, 4.69) is 70.4 Å². The van der Waals surface area contributed by atoms with Crippen molar-refractivity contribution in [3.05, 3.63) is 53.8 Å². The highest BCUT2D eigenvalue weighted by atomic mass is 127. The minimum absolute atomic E-state index is 0.386. The molecule has 3 aliphatic rings. The van der Waals surface area contributed by atoms with E-state index in [0.29, 0.717) is 18.1 Å². The van der Waals surface area contributed by atoms with Crippen molar-refractivity contribution in [3.63, 3.8) is 0 Å². The average Bonchev–Trinajstić information content (AvgIpc) is 2.82. The number of hydrogen-bond acceptors (Lipinski definition) is 2. The van der Waals surface area contributed by atoms with Crippen LogP contribution in [0.15, 0.2) is 48.2 Å². The molecule has 2 fully saturated rings. The Bertz CT molecular complexity index is 720. The topological polar surface area (TPSA) is 21.3 Å². The first-order valence-electron chi connectivity index (χ1n) is 12.8. The zero-order chi connectivity index (χ0) is 21.3. The quantitative estimate of drug-likeness (QED) is 0.316. The summed E-state index contributed by atoms with van der Waals surface area (Å²) in [7, 11) is 0. The molecule has 2 atom stereocenters. The van der Waals surface area contributed by atoms with Gasteiger partial charge in [-0.15, -0.1) is 0 Å². The number of allylic oxidation sites excluding steroid dienone is 2. The summed E-state index contributed by atoms with van der Waals surface area (Å²) in [5.41, 5.74) is 2.64. The predicted molar refractivity (Wildman–Crippen MR) is 140 cm³/mol. The van der Waals surface area contributed by atoms with Gasteiger partial charge in [0.2, 0.25) is 0 Å². The van der Waals surface area contributed by atoms with Crippen LogP contribution in [0.4, 0.5) is 0 Å². The van der Waals surface area contributed by atoms with Crippen molar-refractivity contribution < 1.29 is 4.74 Å². The van der Waals surface area contributed by atoms with Crippen molar-refractivity contribution >= 4 is 28.2 Å². The molecular weight excluding hydrogens is 493 g/mol. The summed E-state index contributed by atoms with van der Waals surface area (Å²) in [6, 6.07) is 11.3. The van der Waals surface area contributed by atoms with Crippen molar-refractivity contribution in [1.29, 1.82) is 0 Å². The van der Waals surface area contributed by atoms with Crippen LogP contribution < -0.4 is 5.32 Å². The van der Waals surface area contributed by atoms with Gasteiger partial charge in [0.15, 0.2) is 0 Å². The number of nitrogens with one attached hydrogen (secondary N) is 1. The zero-order valence-corrected chi connectivity index (χ0v) is 21.2. The van der Waals surface area contributed by atoms with Crippen molar-refractivity contribution in [2.24, 2.45) is 5.92 Å². The van der Waals surface area contributed by atoms with Crippen molar-refractivity contribution in [2.75, 3.05) is 6.54 Å². The Morgan fingerprint density at radius 3 is 2.19 bits per heavy atom. The minimum atomic E-state index is 0.386. The molecule has 1 aliphatic heterocycles. The second-order valence-corrected chi connectivity index (χ2v) is 11.5. The van der Waals surface area contributed by atoms with Crippen molar-refractivity contribution in [1.82, 2.24) is 5.32 Å². The lowest BCUT2D eigenvalue weighted by atomic mass is 9.83. The largest absolute Gasteiger partial charge is 0.494 e. The van der Waals surface area contributed by atoms with Gasteiger partial charge < -0.3 is 10.1 Å². The van der Waals surface area contributed by atoms with E-state index >= 15 is 0 Å². The first kappa shape index (κ1) is 23.4. The predicted octanol–water partition coefficient (Wildman–Crippen LogP) is 7.83. The first-order valence-corrected chi connectivity index (χ1v) is 14.1. The lowest BCUT2D eigenvalue weighted by Crippen LogP contribution is -2.39. The molecule has 0 radical (unpaired) electrons. The molecule has 0 spiro atoms. The molecule has 0 bridgehead atoms. The van der Waals surface area contributed by atoms with E-state index in [1.54, 1.807) is 0 Å². The van der Waals surface area contributed by atoms with E-state index in [1.807, 2.05) is 0 Å². The summed E-state index contributed by atoms with van der Waals surface area (Å²) in [4.78, 5) is 0. The van der Waals surface area contributed by atoms with E-state index in [9.17, 15) is 0 Å². The molecule has 2 unspecified atom stereocenters. The summed E-state index contributed by atoms with van der Waals surface area (Å²) in [5, 5.41) is 3.94. The normalized spacial score (nSPS) is 31.1. The minimum Gasteiger partial charge on any atom is -0.494 e. The number of halogens is 1. The number of fused-ring (bicyclic) bond motifs is 1. The zero-order valence-electron chi connectivity index (χ0n) is 19.0. The Labute approximate surface area is 203 Å². The maximum absolute atomic E-state index is 6.83. The molecule has 1 aromatic rings. The molecule has 1 heterocycles. The molecule has 1 saturated heterocycles. The highest BCUT2D eigenvalue weighted by Gasteiger charge is 2.31. The second kappa shape index (κ2) is 12.4. The van der Waals surface area contributed by atoms with Crippen molar-refractivity contribution in [2.45, 2.75) is 99.5 Å². The van der Waals surface area contributed by atoms with Crippen LogP contribution in [0.1, 0.15) is 89.0 Å². The number of hydrogen-bond donors (Lipinski definition) is 1. The molecule has 2 nitrogen and oxygen atoms in total. The van der Waals surface area contributed by atoms with Gasteiger partial charge in [0.05, 0.1) is 6.10 Å². The van der Waals surface area contributed by atoms with Gasteiger partial charge in [0.1, 0.15) is 5.76 Å². The average molecular weight is 534 g/mol. The van der Waals surface area contributed by atoms with Crippen molar-refractivity contribution in [3.8, 4) is 0 Å². The fourth-order valence-electron chi connectivity index (χ4n) is 5.40. The highest BCUT2D eigenvalue weighted by Crippen LogP contribution is 2.37. The third-order valence-corrected chi connectivity index (χ3v) is 8.54. The lowest BCUT2D eigenvalue weighted by Gasteiger charge is -2.36. The Kier molecular flexibility index (Phi) is 9.37. The summed E-state index contributed by atoms with van der Waals surface area (Å²) in [5.74, 6) is 1.73. The molecule has 31 heavy (non-hydrogen) atoms. The monoisotopic (exact) mass is 533 g/mol. The Morgan fingerprint density at radius 2 is 1.45 bits per heavy atom. The number of alkyl halides is 1. The highest BCUT2D eigenvalue weighted by molar-refractivity contribution is 14.1. The summed E-state index contributed by atoms with van der Waals surface area (Å²) in [6.07, 6.45) is 22.5. The summed E-state index contributed by atoms with van der Waals surface area (Å²) < 4.78 is 7.66. The standard InChI is InChI=1S/C28H40INO/c29-24-15-17-25(18-16-24)31-28-21-23(22-12-8-7-9-13-22)20-27-26(28)14-10-5-3-1-2-4-6-11-19-30-27/h7-9,12-13,20-21,24-27,30H,1-6,10-11,14-19H2/t24-,25+,26?,27?. The fraction of sp³-hybridized carbons (Fsp3) is 0.643. The molecule has 0 amide bonds. The van der Waals surface area contributed by atoms with E-state index in [0.717, 1.165) is 10.5 Å². The third-order valence-electron chi connectivity index (χ3n) is 7.29. The van der Waals surface area contributed by atoms with Crippen LogP contribution >= 0.6 is 22.6 Å². The van der Waals surface area contributed by atoms with Gasteiger partial charge in [-0.25, -0.2) is 0 Å². The molecule has 3 heteroatoms. The van der Waals surface area contributed by atoms with Gasteiger partial charge in [-0.1, -0.05) is 104 Å². The van der Waals surface area contributed by atoms with Crippen LogP contribution in [0, 0.1) is 5.92 Å². The first-order chi connectivity index (χ1) is 15.3. The fourth-order valence-corrected chi connectivity index (χ4v) is 6.12. The molecule has 2 aliphatic carbocycles.